The monoisotopic (exact) mass is 232 g/mol. The number of sulfonamides is 1. The second kappa shape index (κ2) is 3.26. The first kappa shape index (κ1) is 10.5. The van der Waals surface area contributed by atoms with Crippen molar-refractivity contribution in [3.05, 3.63) is 5.82 Å². The maximum atomic E-state index is 11.0. The summed E-state index contributed by atoms with van der Waals surface area (Å²) in [5.74, 6) is 0.407. The van der Waals surface area contributed by atoms with Gasteiger partial charge < -0.3 is 4.74 Å². The van der Waals surface area contributed by atoms with Gasteiger partial charge in [-0.2, -0.15) is 4.98 Å². The van der Waals surface area contributed by atoms with E-state index in [1.165, 1.54) is 0 Å². The lowest BCUT2D eigenvalue weighted by molar-refractivity contribution is 0.00948. The average Bonchev–Trinajstić information content (AvgIpc) is 2.69. The van der Waals surface area contributed by atoms with E-state index in [-0.39, 0.29) is 0 Å². The van der Waals surface area contributed by atoms with Gasteiger partial charge >= 0.3 is 0 Å². The van der Waals surface area contributed by atoms with Gasteiger partial charge in [0.15, 0.2) is 5.82 Å². The van der Waals surface area contributed by atoms with Crippen molar-refractivity contribution >= 4 is 10.0 Å². The zero-order chi connectivity index (χ0) is 11.1. The molecule has 84 valence electrons. The molecule has 0 amide bonds. The first-order valence-electron chi connectivity index (χ1n) is 4.51. The van der Waals surface area contributed by atoms with Gasteiger partial charge in [0.25, 0.3) is 15.2 Å². The standard InChI is InChI=1S/C7H12N4O3S/c1-7(3-2-4-14-7)5-9-6(11-10-5)15(8,12)13/h2-4H2,1H3,(H2,8,12,13)(H,9,10,11). The highest BCUT2D eigenvalue weighted by Crippen LogP contribution is 2.33. The average molecular weight is 232 g/mol. The molecule has 0 saturated carbocycles. The summed E-state index contributed by atoms with van der Waals surface area (Å²) >= 11 is 0. The summed E-state index contributed by atoms with van der Waals surface area (Å²) in [6.07, 6.45) is 1.70. The zero-order valence-corrected chi connectivity index (χ0v) is 9.04. The molecular weight excluding hydrogens is 220 g/mol. The lowest BCUT2D eigenvalue weighted by atomic mass is 10.0. The molecule has 0 radical (unpaired) electrons. The molecule has 3 N–H and O–H groups in total. The van der Waals surface area contributed by atoms with Gasteiger partial charge in [-0.15, -0.1) is 5.10 Å². The predicted molar refractivity (Wildman–Crippen MR) is 50.3 cm³/mol. The Morgan fingerprint density at radius 2 is 2.33 bits per heavy atom. The third-order valence-corrected chi connectivity index (χ3v) is 3.13. The Kier molecular flexibility index (Phi) is 2.28. The molecule has 1 aromatic rings. The highest BCUT2D eigenvalue weighted by molar-refractivity contribution is 7.89. The molecular formula is C7H12N4O3S. The lowest BCUT2D eigenvalue weighted by Crippen LogP contribution is -2.22. The van der Waals surface area contributed by atoms with Crippen LogP contribution in [-0.2, 0) is 20.4 Å². The fourth-order valence-corrected chi connectivity index (χ4v) is 1.97. The number of primary sulfonamides is 1. The van der Waals surface area contributed by atoms with E-state index in [1.54, 1.807) is 0 Å². The molecule has 0 spiro atoms. The van der Waals surface area contributed by atoms with E-state index in [0.29, 0.717) is 12.4 Å². The van der Waals surface area contributed by atoms with Crippen LogP contribution >= 0.6 is 0 Å². The predicted octanol–water partition coefficient (Wildman–Crippen LogP) is -0.522. The highest BCUT2D eigenvalue weighted by atomic mass is 32.2. The van der Waals surface area contributed by atoms with E-state index >= 15 is 0 Å². The molecule has 0 aromatic carbocycles. The normalized spacial score (nSPS) is 27.1. The minimum absolute atomic E-state index is 0.394. The van der Waals surface area contributed by atoms with Crippen LogP contribution in [0.2, 0.25) is 0 Å². The molecule has 15 heavy (non-hydrogen) atoms. The summed E-state index contributed by atoms with van der Waals surface area (Å²) in [5.41, 5.74) is -0.573. The van der Waals surface area contributed by atoms with Crippen molar-refractivity contribution < 1.29 is 13.2 Å². The van der Waals surface area contributed by atoms with Crippen molar-refractivity contribution in [2.75, 3.05) is 6.61 Å². The first-order valence-corrected chi connectivity index (χ1v) is 6.06. The SMILES string of the molecule is CC1(c2nc(S(N)(=O)=O)n[nH]2)CCCO1. The molecule has 2 rings (SSSR count). The summed E-state index contributed by atoms with van der Waals surface area (Å²) in [6, 6.07) is 0. The third kappa shape index (κ3) is 1.87. The van der Waals surface area contributed by atoms with Gasteiger partial charge in [-0.3, -0.25) is 5.10 Å². The molecule has 1 atom stereocenters. The highest BCUT2D eigenvalue weighted by Gasteiger charge is 2.36. The number of ether oxygens (including phenoxy) is 1. The molecule has 1 aliphatic rings. The van der Waals surface area contributed by atoms with Crippen molar-refractivity contribution in [3.63, 3.8) is 0 Å². The summed E-state index contributed by atoms with van der Waals surface area (Å²) < 4.78 is 27.4. The van der Waals surface area contributed by atoms with Gasteiger partial charge in [-0.05, 0) is 19.8 Å². The number of rotatable bonds is 2. The third-order valence-electron chi connectivity index (χ3n) is 2.44. The van der Waals surface area contributed by atoms with Crippen LogP contribution in [0.5, 0.6) is 0 Å². The van der Waals surface area contributed by atoms with Gasteiger partial charge in [-0.1, -0.05) is 0 Å². The largest absolute Gasteiger partial charge is 0.367 e. The van der Waals surface area contributed by atoms with Gasteiger partial charge in [0.2, 0.25) is 0 Å². The fraction of sp³-hybridized carbons (Fsp3) is 0.714. The minimum atomic E-state index is -3.85. The summed E-state index contributed by atoms with van der Waals surface area (Å²) in [4.78, 5) is 3.83. The number of hydrogen-bond acceptors (Lipinski definition) is 5. The Morgan fingerprint density at radius 3 is 2.80 bits per heavy atom. The Hall–Kier alpha value is -0.990. The molecule has 7 nitrogen and oxygen atoms in total. The van der Waals surface area contributed by atoms with Crippen molar-refractivity contribution in [1.29, 1.82) is 0 Å². The molecule has 1 fully saturated rings. The maximum Gasteiger partial charge on any atom is 0.282 e. The zero-order valence-electron chi connectivity index (χ0n) is 8.23. The Balaban J connectivity index is 2.35. The smallest absolute Gasteiger partial charge is 0.282 e. The molecule has 2 heterocycles. The Morgan fingerprint density at radius 1 is 1.60 bits per heavy atom. The Labute approximate surface area is 87.1 Å². The van der Waals surface area contributed by atoms with Crippen molar-refractivity contribution in [1.82, 2.24) is 15.2 Å². The molecule has 0 bridgehead atoms. The number of aromatic amines is 1. The minimum Gasteiger partial charge on any atom is -0.367 e. The van der Waals surface area contributed by atoms with Crippen molar-refractivity contribution in [2.45, 2.75) is 30.5 Å². The van der Waals surface area contributed by atoms with Crippen LogP contribution in [-0.4, -0.2) is 30.2 Å². The van der Waals surface area contributed by atoms with E-state index in [2.05, 4.69) is 15.2 Å². The van der Waals surface area contributed by atoms with Crippen LogP contribution in [0, 0.1) is 0 Å². The second-order valence-electron chi connectivity index (χ2n) is 3.69. The molecule has 1 aliphatic heterocycles. The first-order chi connectivity index (χ1) is 6.92. The van der Waals surface area contributed by atoms with E-state index in [4.69, 9.17) is 9.88 Å². The van der Waals surface area contributed by atoms with Crippen molar-refractivity contribution in [3.8, 4) is 0 Å². The van der Waals surface area contributed by atoms with Crippen LogP contribution in [0.25, 0.3) is 0 Å². The summed E-state index contributed by atoms with van der Waals surface area (Å²) in [7, 11) is -3.85. The van der Waals surface area contributed by atoms with E-state index in [1.807, 2.05) is 6.92 Å². The van der Waals surface area contributed by atoms with Crippen LogP contribution in [0.1, 0.15) is 25.6 Å². The van der Waals surface area contributed by atoms with Crippen LogP contribution < -0.4 is 5.14 Å². The van der Waals surface area contributed by atoms with Gasteiger partial charge in [-0.25, -0.2) is 13.6 Å². The van der Waals surface area contributed by atoms with Crippen LogP contribution in [0.15, 0.2) is 5.16 Å². The number of nitrogens with zero attached hydrogens (tertiary/aromatic N) is 2. The summed E-state index contributed by atoms with van der Waals surface area (Å²) in [5, 5.41) is 10.6. The quantitative estimate of drug-likeness (QED) is 0.712. The lowest BCUT2D eigenvalue weighted by Gasteiger charge is -2.18. The molecule has 1 unspecified atom stereocenters. The molecule has 1 saturated heterocycles. The second-order valence-corrected chi connectivity index (χ2v) is 5.15. The molecule has 0 aliphatic carbocycles. The van der Waals surface area contributed by atoms with Gasteiger partial charge in [0.1, 0.15) is 5.60 Å². The van der Waals surface area contributed by atoms with E-state index in [9.17, 15) is 8.42 Å². The molecule has 1 aromatic heterocycles. The van der Waals surface area contributed by atoms with Crippen molar-refractivity contribution in [2.24, 2.45) is 5.14 Å². The number of aromatic nitrogens is 3. The maximum absolute atomic E-state index is 11.0. The van der Waals surface area contributed by atoms with Gasteiger partial charge in [0, 0.05) is 6.61 Å². The number of H-pyrrole nitrogens is 1. The topological polar surface area (TPSA) is 111 Å². The van der Waals surface area contributed by atoms with Crippen LogP contribution in [0.4, 0.5) is 0 Å². The molecule has 8 heteroatoms. The number of hydrogen-bond donors (Lipinski definition) is 2. The summed E-state index contributed by atoms with van der Waals surface area (Å²) in [6.45, 7) is 2.48. The van der Waals surface area contributed by atoms with Gasteiger partial charge in [0.05, 0.1) is 0 Å². The number of nitrogens with one attached hydrogen (secondary N) is 1. The van der Waals surface area contributed by atoms with Crippen LogP contribution in [0.3, 0.4) is 0 Å². The number of nitrogens with two attached hydrogens (primary N) is 1. The Bertz CT molecular complexity index is 460. The van der Waals surface area contributed by atoms with E-state index in [0.717, 1.165) is 12.8 Å². The fourth-order valence-electron chi connectivity index (χ4n) is 1.58. The van der Waals surface area contributed by atoms with E-state index < -0.39 is 20.8 Å².